The van der Waals surface area contributed by atoms with Gasteiger partial charge in [-0.15, -0.1) is 0 Å². The Kier molecular flexibility index (Phi) is 8.69. The molecule has 0 radical (unpaired) electrons. The Morgan fingerprint density at radius 1 is 1.03 bits per heavy atom. The molecule has 4 N–H and O–H groups in total. The van der Waals surface area contributed by atoms with Gasteiger partial charge in [-0.1, -0.05) is 65.7 Å². The van der Waals surface area contributed by atoms with Crippen LogP contribution in [0.15, 0.2) is 77.7 Å². The van der Waals surface area contributed by atoms with Crippen LogP contribution in [0.5, 0.6) is 0 Å². The highest BCUT2D eigenvalue weighted by atomic mass is 35.5. The zero-order valence-corrected chi connectivity index (χ0v) is 21.1. The third-order valence-corrected chi connectivity index (χ3v) is 6.51. The molecule has 0 saturated heterocycles. The molecule has 0 aliphatic rings. The molecule has 35 heavy (non-hydrogen) atoms. The maximum absolute atomic E-state index is 12.7. The average molecular weight is 514 g/mol. The summed E-state index contributed by atoms with van der Waals surface area (Å²) in [5, 5.41) is 5.46. The van der Waals surface area contributed by atoms with Crippen LogP contribution in [0.25, 0.3) is 22.0 Å². The average Bonchev–Trinajstić information content (AvgIpc) is 3.10. The van der Waals surface area contributed by atoms with Gasteiger partial charge in [0.1, 0.15) is 5.69 Å². The van der Waals surface area contributed by atoms with Gasteiger partial charge in [0.15, 0.2) is 0 Å². The maximum Gasteiger partial charge on any atom is 0.294 e. The van der Waals surface area contributed by atoms with Crippen molar-refractivity contribution in [2.24, 2.45) is 12.8 Å². The monoisotopic (exact) mass is 513 g/mol. The number of nitrogens with zero attached hydrogens (tertiary/aromatic N) is 1. The summed E-state index contributed by atoms with van der Waals surface area (Å²) in [7, 11) is -2.11. The van der Waals surface area contributed by atoms with E-state index in [-0.39, 0.29) is 10.8 Å². The van der Waals surface area contributed by atoms with Crippen molar-refractivity contribution in [3.8, 4) is 11.3 Å². The van der Waals surface area contributed by atoms with Crippen molar-refractivity contribution in [1.82, 2.24) is 9.88 Å². The first kappa shape index (κ1) is 26.4. The minimum absolute atomic E-state index is 0.0666. The van der Waals surface area contributed by atoms with Gasteiger partial charge >= 0.3 is 0 Å². The van der Waals surface area contributed by atoms with Crippen LogP contribution >= 0.6 is 11.6 Å². The third-order valence-electron chi connectivity index (χ3n) is 5.41. The number of hydrogen-bond donors (Lipinski definition) is 3. The summed E-state index contributed by atoms with van der Waals surface area (Å²) in [6, 6.07) is 21.6. The molecule has 0 bridgehead atoms. The molecular formula is C26H28ClN3O4S. The SMILES string of the molecule is Cc1ccc(S(=O)(=O)O)cc1.Cn1c(C(=O)NCCCN)c2ccc(Cl)cc2c1-c1ccccc1. The standard InChI is InChI=1S/C19H20ClN3O.C7H8O3S/c1-23-17(13-6-3-2-4-7-13)16-12-14(20)8-9-15(16)18(23)19(24)22-11-5-10-21;1-6-2-4-7(5-3-6)11(8,9)10/h2-4,6-9,12H,5,10-11,21H2,1H3,(H,22,24);2-5H,1H3,(H,8,9,10). The van der Waals surface area contributed by atoms with Crippen molar-refractivity contribution in [2.75, 3.05) is 13.1 Å². The largest absolute Gasteiger partial charge is 0.351 e. The van der Waals surface area contributed by atoms with E-state index in [2.05, 4.69) is 5.32 Å². The summed E-state index contributed by atoms with van der Waals surface area (Å²) < 4.78 is 31.5. The number of benzene rings is 3. The Morgan fingerprint density at radius 2 is 1.69 bits per heavy atom. The maximum atomic E-state index is 12.7. The van der Waals surface area contributed by atoms with Crippen LogP contribution in [0, 0.1) is 6.92 Å². The van der Waals surface area contributed by atoms with E-state index in [4.69, 9.17) is 21.9 Å². The molecule has 7 nitrogen and oxygen atoms in total. The molecule has 0 aliphatic carbocycles. The molecule has 0 fully saturated rings. The predicted molar refractivity (Wildman–Crippen MR) is 140 cm³/mol. The number of aryl methyl sites for hydroxylation is 1. The van der Waals surface area contributed by atoms with E-state index in [0.717, 1.165) is 34.0 Å². The summed E-state index contributed by atoms with van der Waals surface area (Å²) in [4.78, 5) is 12.6. The number of hydrogen-bond acceptors (Lipinski definition) is 4. The molecule has 0 saturated carbocycles. The number of aromatic nitrogens is 1. The van der Waals surface area contributed by atoms with E-state index in [9.17, 15) is 13.2 Å². The van der Waals surface area contributed by atoms with E-state index in [1.807, 2.05) is 67.1 Å². The highest BCUT2D eigenvalue weighted by Gasteiger charge is 2.21. The van der Waals surface area contributed by atoms with Crippen LogP contribution in [0.3, 0.4) is 0 Å². The van der Waals surface area contributed by atoms with Gasteiger partial charge in [-0.05, 0) is 49.7 Å². The first-order valence-corrected chi connectivity index (χ1v) is 12.8. The second-order valence-corrected chi connectivity index (χ2v) is 9.86. The molecule has 4 rings (SSSR count). The zero-order valence-electron chi connectivity index (χ0n) is 19.5. The topological polar surface area (TPSA) is 114 Å². The van der Waals surface area contributed by atoms with Gasteiger partial charge in [-0.3, -0.25) is 9.35 Å². The Balaban J connectivity index is 0.000000261. The van der Waals surface area contributed by atoms with E-state index >= 15 is 0 Å². The number of halogens is 1. The number of nitrogens with one attached hydrogen (secondary N) is 1. The third kappa shape index (κ3) is 6.49. The van der Waals surface area contributed by atoms with Gasteiger partial charge < -0.3 is 15.6 Å². The van der Waals surface area contributed by atoms with Gasteiger partial charge in [-0.2, -0.15) is 8.42 Å². The highest BCUT2D eigenvalue weighted by molar-refractivity contribution is 7.85. The van der Waals surface area contributed by atoms with Crippen molar-refractivity contribution in [2.45, 2.75) is 18.2 Å². The number of carbonyl (C=O) groups excluding carboxylic acids is 1. The van der Waals surface area contributed by atoms with Crippen molar-refractivity contribution >= 4 is 38.4 Å². The van der Waals surface area contributed by atoms with Crippen LogP contribution in [-0.4, -0.2) is 36.5 Å². The van der Waals surface area contributed by atoms with Crippen LogP contribution in [-0.2, 0) is 17.2 Å². The number of fused-ring (bicyclic) bond motifs is 1. The van der Waals surface area contributed by atoms with Crippen LogP contribution in [0.2, 0.25) is 5.02 Å². The van der Waals surface area contributed by atoms with Crippen LogP contribution < -0.4 is 11.1 Å². The molecule has 0 atom stereocenters. The lowest BCUT2D eigenvalue weighted by Gasteiger charge is -2.09. The zero-order chi connectivity index (χ0) is 25.6. The number of rotatable bonds is 6. The summed E-state index contributed by atoms with van der Waals surface area (Å²) in [5.41, 5.74) is 9.12. The Labute approximate surface area is 210 Å². The molecule has 0 aliphatic heterocycles. The number of amides is 1. The summed E-state index contributed by atoms with van der Waals surface area (Å²) >= 11 is 6.20. The molecule has 0 unspecified atom stereocenters. The Morgan fingerprint density at radius 3 is 2.29 bits per heavy atom. The minimum atomic E-state index is -4.02. The molecule has 0 spiro atoms. The molecule has 1 amide bonds. The molecule has 1 heterocycles. The quantitative estimate of drug-likeness (QED) is 0.252. The van der Waals surface area contributed by atoms with E-state index < -0.39 is 10.1 Å². The normalized spacial score (nSPS) is 11.1. The number of carbonyl (C=O) groups is 1. The van der Waals surface area contributed by atoms with Crippen molar-refractivity contribution in [3.63, 3.8) is 0 Å². The molecule has 9 heteroatoms. The Bertz CT molecular complexity index is 1420. The lowest BCUT2D eigenvalue weighted by Crippen LogP contribution is -2.27. The second-order valence-electron chi connectivity index (χ2n) is 8.00. The fraction of sp³-hybridized carbons (Fsp3) is 0.192. The summed E-state index contributed by atoms with van der Waals surface area (Å²) in [5.74, 6) is -0.0968. The first-order chi connectivity index (χ1) is 16.6. The lowest BCUT2D eigenvalue weighted by atomic mass is 10.1. The fourth-order valence-electron chi connectivity index (χ4n) is 3.71. The van der Waals surface area contributed by atoms with E-state index in [1.165, 1.54) is 12.1 Å². The van der Waals surface area contributed by atoms with Gasteiger partial charge in [0, 0.05) is 29.4 Å². The molecule has 184 valence electrons. The minimum Gasteiger partial charge on any atom is -0.351 e. The fourth-order valence-corrected chi connectivity index (χ4v) is 4.36. The molecule has 3 aromatic carbocycles. The van der Waals surface area contributed by atoms with Crippen molar-refractivity contribution < 1.29 is 17.8 Å². The van der Waals surface area contributed by atoms with Crippen molar-refractivity contribution in [1.29, 1.82) is 0 Å². The van der Waals surface area contributed by atoms with E-state index in [0.29, 0.717) is 23.8 Å². The van der Waals surface area contributed by atoms with Gasteiger partial charge in [-0.25, -0.2) is 0 Å². The van der Waals surface area contributed by atoms with Crippen LogP contribution in [0.4, 0.5) is 0 Å². The highest BCUT2D eigenvalue weighted by Crippen LogP contribution is 2.35. The van der Waals surface area contributed by atoms with Crippen LogP contribution in [0.1, 0.15) is 22.5 Å². The smallest absolute Gasteiger partial charge is 0.294 e. The van der Waals surface area contributed by atoms with Gasteiger partial charge in [0.2, 0.25) is 0 Å². The molecule has 4 aromatic rings. The second kappa shape index (κ2) is 11.5. The predicted octanol–water partition coefficient (Wildman–Crippen LogP) is 4.82. The number of nitrogens with two attached hydrogens (primary N) is 1. The summed E-state index contributed by atoms with van der Waals surface area (Å²) in [6.45, 7) is 2.96. The molecular weight excluding hydrogens is 486 g/mol. The first-order valence-electron chi connectivity index (χ1n) is 11.0. The van der Waals surface area contributed by atoms with Gasteiger partial charge in [0.05, 0.1) is 10.6 Å². The van der Waals surface area contributed by atoms with Crippen molar-refractivity contribution in [3.05, 3.63) is 89.1 Å². The van der Waals surface area contributed by atoms with E-state index in [1.54, 1.807) is 12.1 Å². The molecule has 1 aromatic heterocycles. The lowest BCUT2D eigenvalue weighted by molar-refractivity contribution is 0.0947. The van der Waals surface area contributed by atoms with Gasteiger partial charge in [0.25, 0.3) is 16.0 Å². The summed E-state index contributed by atoms with van der Waals surface area (Å²) in [6.07, 6.45) is 0.755. The Hall–Kier alpha value is -3.17.